The average Bonchev–Trinajstić information content (AvgIpc) is 2.85. The molecule has 0 atom stereocenters. The van der Waals surface area contributed by atoms with Gasteiger partial charge < -0.3 is 25.0 Å². The van der Waals surface area contributed by atoms with Crippen molar-refractivity contribution in [2.45, 2.75) is 26.9 Å². The Balaban J connectivity index is 1.61. The van der Waals surface area contributed by atoms with Gasteiger partial charge in [0.1, 0.15) is 12.4 Å². The third-order valence-electron chi connectivity index (χ3n) is 5.81. The number of anilines is 3. The van der Waals surface area contributed by atoms with Crippen LogP contribution in [0.5, 0.6) is 17.2 Å². The summed E-state index contributed by atoms with van der Waals surface area (Å²) in [7, 11) is 0. The molecule has 0 fully saturated rings. The number of nitrogens with zero attached hydrogens (tertiary/aromatic N) is 2. The van der Waals surface area contributed by atoms with Crippen LogP contribution in [-0.4, -0.2) is 37.1 Å². The number of halogens is 3. The minimum atomic E-state index is -4.55. The van der Waals surface area contributed by atoms with E-state index in [2.05, 4.69) is 15.6 Å². The van der Waals surface area contributed by atoms with Crippen molar-refractivity contribution < 1.29 is 27.4 Å². The molecule has 1 amide bonds. The molecule has 36 heavy (non-hydrogen) atoms. The van der Waals surface area contributed by atoms with Gasteiger partial charge in [-0.1, -0.05) is 6.07 Å². The number of hydrogen-bond acceptors (Lipinski definition) is 6. The van der Waals surface area contributed by atoms with Crippen LogP contribution in [0.1, 0.15) is 35.3 Å². The Kier molecular flexibility index (Phi) is 7.23. The van der Waals surface area contributed by atoms with Gasteiger partial charge >= 0.3 is 6.18 Å². The zero-order chi connectivity index (χ0) is 25.9. The van der Waals surface area contributed by atoms with Crippen LogP contribution in [0.2, 0.25) is 0 Å². The number of aryl methyl sites for hydroxylation is 1. The number of fused-ring (bicyclic) bond motifs is 1. The first kappa shape index (κ1) is 25.2. The summed E-state index contributed by atoms with van der Waals surface area (Å²) >= 11 is 0. The summed E-state index contributed by atoms with van der Waals surface area (Å²) in [5, 5.41) is 5.74. The summed E-state index contributed by atoms with van der Waals surface area (Å²) in [5.74, 6) is 1.34. The van der Waals surface area contributed by atoms with Crippen LogP contribution in [-0.2, 0) is 6.18 Å². The molecule has 1 aromatic heterocycles. The number of amides is 1. The normalized spacial score (nSPS) is 12.7. The van der Waals surface area contributed by atoms with Gasteiger partial charge in [0.25, 0.3) is 5.91 Å². The molecule has 0 saturated carbocycles. The van der Waals surface area contributed by atoms with Gasteiger partial charge in [-0.05, 0) is 56.7 Å². The third-order valence-corrected chi connectivity index (χ3v) is 5.81. The number of benzene rings is 2. The second-order valence-corrected chi connectivity index (χ2v) is 8.24. The molecule has 10 heteroatoms. The van der Waals surface area contributed by atoms with Gasteiger partial charge in [-0.25, -0.2) is 4.98 Å². The van der Waals surface area contributed by atoms with E-state index in [4.69, 9.17) is 9.47 Å². The summed E-state index contributed by atoms with van der Waals surface area (Å²) in [6.45, 7) is 7.69. The highest BCUT2D eigenvalue weighted by molar-refractivity contribution is 6.04. The van der Waals surface area contributed by atoms with Crippen LogP contribution in [0.3, 0.4) is 0 Å². The Morgan fingerprint density at radius 1 is 1.14 bits per heavy atom. The van der Waals surface area contributed by atoms with E-state index in [1.165, 1.54) is 0 Å². The molecule has 0 saturated heterocycles. The average molecular weight is 501 g/mol. The molecule has 0 aliphatic carbocycles. The maximum Gasteiger partial charge on any atom is 0.416 e. The predicted octanol–water partition coefficient (Wildman–Crippen LogP) is 6.10. The molecule has 2 N–H and O–H groups in total. The highest BCUT2D eigenvalue weighted by Gasteiger charge is 2.32. The van der Waals surface area contributed by atoms with Crippen molar-refractivity contribution in [3.8, 4) is 17.2 Å². The van der Waals surface area contributed by atoms with E-state index >= 15 is 0 Å². The first-order chi connectivity index (χ1) is 17.2. The molecule has 190 valence electrons. The number of pyridine rings is 1. The van der Waals surface area contributed by atoms with E-state index in [9.17, 15) is 18.0 Å². The van der Waals surface area contributed by atoms with Crippen molar-refractivity contribution >= 4 is 23.1 Å². The van der Waals surface area contributed by atoms with Crippen molar-refractivity contribution in [3.05, 3.63) is 65.4 Å². The van der Waals surface area contributed by atoms with Crippen LogP contribution in [0, 0.1) is 6.92 Å². The Morgan fingerprint density at radius 3 is 2.64 bits per heavy atom. The van der Waals surface area contributed by atoms with Crippen molar-refractivity contribution in [1.29, 1.82) is 0 Å². The van der Waals surface area contributed by atoms with Crippen LogP contribution in [0.4, 0.5) is 30.4 Å². The summed E-state index contributed by atoms with van der Waals surface area (Å²) in [4.78, 5) is 19.1. The number of nitrogens with one attached hydrogen (secondary N) is 2. The fourth-order valence-corrected chi connectivity index (χ4v) is 3.89. The highest BCUT2D eigenvalue weighted by atomic mass is 19.4. The molecule has 0 spiro atoms. The van der Waals surface area contributed by atoms with E-state index in [0.717, 1.165) is 17.7 Å². The maximum absolute atomic E-state index is 13.5. The molecule has 2 aromatic carbocycles. The third kappa shape index (κ3) is 5.48. The zero-order valence-electron chi connectivity index (χ0n) is 20.2. The molecular weight excluding hydrogens is 473 g/mol. The quantitative estimate of drug-likeness (QED) is 0.408. The maximum atomic E-state index is 13.5. The van der Waals surface area contributed by atoms with Crippen molar-refractivity contribution in [3.63, 3.8) is 0 Å². The fraction of sp³-hybridized carbons (Fsp3) is 0.308. The smallest absolute Gasteiger partial charge is 0.416 e. The molecule has 3 aromatic rings. The molecule has 4 rings (SSSR count). The van der Waals surface area contributed by atoms with Gasteiger partial charge in [-0.3, -0.25) is 4.79 Å². The minimum Gasteiger partial charge on any atom is -0.485 e. The molecular formula is C26H27F3N4O3. The zero-order valence-corrected chi connectivity index (χ0v) is 20.2. The van der Waals surface area contributed by atoms with E-state index in [0.29, 0.717) is 55.0 Å². The van der Waals surface area contributed by atoms with Gasteiger partial charge in [-0.15, -0.1) is 0 Å². The Hall–Kier alpha value is -3.95. The van der Waals surface area contributed by atoms with Crippen molar-refractivity contribution in [2.75, 3.05) is 41.8 Å². The van der Waals surface area contributed by atoms with Crippen molar-refractivity contribution in [2.24, 2.45) is 0 Å². The molecule has 0 unspecified atom stereocenters. The summed E-state index contributed by atoms with van der Waals surface area (Å²) in [6.07, 6.45) is -2.96. The molecule has 2 heterocycles. The van der Waals surface area contributed by atoms with E-state index in [1.807, 2.05) is 20.8 Å². The second kappa shape index (κ2) is 10.3. The Morgan fingerprint density at radius 2 is 1.92 bits per heavy atom. The Bertz CT molecular complexity index is 1260. The van der Waals surface area contributed by atoms with E-state index < -0.39 is 17.6 Å². The lowest BCUT2D eigenvalue weighted by atomic mass is 10.1. The largest absolute Gasteiger partial charge is 0.485 e. The van der Waals surface area contributed by atoms with Gasteiger partial charge in [0, 0.05) is 42.3 Å². The first-order valence-electron chi connectivity index (χ1n) is 11.6. The van der Waals surface area contributed by atoms with Gasteiger partial charge in [-0.2, -0.15) is 13.2 Å². The molecule has 0 bridgehead atoms. The number of aromatic nitrogens is 1. The van der Waals surface area contributed by atoms with Crippen molar-refractivity contribution in [1.82, 2.24) is 4.98 Å². The second-order valence-electron chi connectivity index (χ2n) is 8.24. The molecule has 7 nitrogen and oxygen atoms in total. The van der Waals surface area contributed by atoms with Gasteiger partial charge in [0.05, 0.1) is 12.1 Å². The lowest BCUT2D eigenvalue weighted by molar-refractivity contribution is -0.137. The highest BCUT2D eigenvalue weighted by Crippen LogP contribution is 2.39. The topological polar surface area (TPSA) is 75.7 Å². The van der Waals surface area contributed by atoms with Crippen LogP contribution in [0.25, 0.3) is 0 Å². The number of ether oxygens (including phenoxy) is 2. The van der Waals surface area contributed by atoms with Gasteiger partial charge in [0.2, 0.25) is 5.75 Å². The lowest BCUT2D eigenvalue weighted by Crippen LogP contribution is -2.23. The molecule has 1 aliphatic heterocycles. The lowest BCUT2D eigenvalue weighted by Gasteiger charge is -2.23. The predicted molar refractivity (Wildman–Crippen MR) is 132 cm³/mol. The number of alkyl halides is 3. The number of carbonyl (C=O) groups excluding carboxylic acids is 1. The summed E-state index contributed by atoms with van der Waals surface area (Å²) in [5.41, 5.74) is 0.617. The van der Waals surface area contributed by atoms with E-state index in [-0.39, 0.29) is 11.3 Å². The standard InChI is InChI=1S/C26H27F3N4O3/c1-4-33(5-2)20-14-18(26(27,28)29)13-19(15-20)32-25(34)17-7-6-16(3)22(12-17)36-21-8-9-30-24-23(21)35-11-10-31-24/h6-9,12-15H,4-5,10-11H2,1-3H3,(H,30,31)(H,32,34). The van der Waals surface area contributed by atoms with E-state index in [1.54, 1.807) is 41.4 Å². The number of carbonyl (C=O) groups is 1. The first-order valence-corrected chi connectivity index (χ1v) is 11.6. The number of hydrogen-bond donors (Lipinski definition) is 2. The van der Waals surface area contributed by atoms with Gasteiger partial charge in [0.15, 0.2) is 11.6 Å². The number of rotatable bonds is 7. The monoisotopic (exact) mass is 500 g/mol. The summed E-state index contributed by atoms with van der Waals surface area (Å²) < 4.78 is 52.3. The van der Waals surface area contributed by atoms with Crippen LogP contribution < -0.4 is 25.0 Å². The minimum absolute atomic E-state index is 0.0578. The summed E-state index contributed by atoms with van der Waals surface area (Å²) in [6, 6.07) is 10.1. The fourth-order valence-electron chi connectivity index (χ4n) is 3.89. The van der Waals surface area contributed by atoms with Crippen LogP contribution >= 0.6 is 0 Å². The molecule has 0 radical (unpaired) electrons. The molecule has 1 aliphatic rings. The van der Waals surface area contributed by atoms with Crippen LogP contribution in [0.15, 0.2) is 48.7 Å². The SMILES string of the molecule is CCN(CC)c1cc(NC(=O)c2ccc(C)c(Oc3ccnc4c3OCCN4)c2)cc(C(F)(F)F)c1. The Labute approximate surface area is 207 Å².